The first-order valence-corrected chi connectivity index (χ1v) is 5.64. The van der Waals surface area contributed by atoms with E-state index in [1.807, 2.05) is 38.1 Å². The van der Waals surface area contributed by atoms with Crippen molar-refractivity contribution in [1.82, 2.24) is 14.9 Å². The third-order valence-corrected chi connectivity index (χ3v) is 2.67. The minimum Gasteiger partial charge on any atom is -0.202 e. The van der Waals surface area contributed by atoms with Crippen LogP contribution in [0.2, 0.25) is 0 Å². The highest BCUT2D eigenvalue weighted by molar-refractivity contribution is 9.10. The zero-order valence-electron chi connectivity index (χ0n) is 9.05. The Labute approximate surface area is 102 Å². The Morgan fingerprint density at radius 1 is 1.12 bits per heavy atom. The van der Waals surface area contributed by atoms with Crippen LogP contribution in [0, 0.1) is 13.8 Å². The molecule has 0 bridgehead atoms. The van der Waals surface area contributed by atoms with Gasteiger partial charge in [0.1, 0.15) is 0 Å². The molecule has 0 spiro atoms. The molecule has 0 unspecified atom stereocenters. The lowest BCUT2D eigenvalue weighted by Gasteiger charge is -1.97. The summed E-state index contributed by atoms with van der Waals surface area (Å²) in [5.74, 6) is 1.57. The molecule has 4 nitrogen and oxygen atoms in total. The predicted molar refractivity (Wildman–Crippen MR) is 66.6 cm³/mol. The number of hydrogen-bond acceptors (Lipinski definition) is 3. The van der Waals surface area contributed by atoms with Crippen LogP contribution in [0.4, 0.5) is 0 Å². The van der Waals surface area contributed by atoms with Gasteiger partial charge in [0.2, 0.25) is 0 Å². The Balaban J connectivity index is 2.24. The molecule has 0 aliphatic carbocycles. The summed E-state index contributed by atoms with van der Waals surface area (Å²) in [6.45, 7) is 3.75. The summed E-state index contributed by atoms with van der Waals surface area (Å²) >= 11 is 3.39. The normalized spacial score (nSPS) is 11.2. The molecule has 0 saturated carbocycles. The highest BCUT2D eigenvalue weighted by Gasteiger charge is 2.00. The molecule has 1 aromatic carbocycles. The van der Waals surface area contributed by atoms with E-state index in [9.17, 15) is 0 Å². The molecule has 0 atom stereocenters. The van der Waals surface area contributed by atoms with E-state index < -0.39 is 0 Å². The van der Waals surface area contributed by atoms with E-state index in [0.717, 1.165) is 21.7 Å². The summed E-state index contributed by atoms with van der Waals surface area (Å²) in [5.41, 5.74) is 1.04. The highest BCUT2D eigenvalue weighted by Crippen LogP contribution is 2.09. The summed E-state index contributed by atoms with van der Waals surface area (Å²) in [7, 11) is 0. The van der Waals surface area contributed by atoms with Crippen molar-refractivity contribution in [3.8, 4) is 0 Å². The molecule has 0 amide bonds. The smallest absolute Gasteiger partial charge is 0.151 e. The number of halogens is 1. The molecular weight excluding hydrogens is 268 g/mol. The van der Waals surface area contributed by atoms with Crippen molar-refractivity contribution in [3.05, 3.63) is 46.0 Å². The number of hydrogen-bond donors (Lipinski definition) is 0. The van der Waals surface area contributed by atoms with Gasteiger partial charge in [-0.15, -0.1) is 10.2 Å². The van der Waals surface area contributed by atoms with Crippen LogP contribution in [-0.4, -0.2) is 21.1 Å². The van der Waals surface area contributed by atoms with Crippen molar-refractivity contribution < 1.29 is 0 Å². The molecule has 2 aromatic rings. The van der Waals surface area contributed by atoms with Crippen molar-refractivity contribution in [3.63, 3.8) is 0 Å². The minimum atomic E-state index is 0.783. The van der Waals surface area contributed by atoms with Crippen molar-refractivity contribution in [2.24, 2.45) is 5.10 Å². The molecule has 1 aromatic heterocycles. The number of benzene rings is 1. The molecule has 82 valence electrons. The third-order valence-electron chi connectivity index (χ3n) is 2.14. The molecular formula is C11H11BrN4. The number of aryl methyl sites for hydroxylation is 2. The van der Waals surface area contributed by atoms with Gasteiger partial charge in [-0.05, 0) is 31.5 Å². The van der Waals surface area contributed by atoms with Gasteiger partial charge < -0.3 is 0 Å². The van der Waals surface area contributed by atoms with E-state index in [-0.39, 0.29) is 0 Å². The maximum Gasteiger partial charge on any atom is 0.151 e. The monoisotopic (exact) mass is 278 g/mol. The summed E-state index contributed by atoms with van der Waals surface area (Å²) in [4.78, 5) is 0. The molecule has 0 aliphatic heterocycles. The predicted octanol–water partition coefficient (Wildman–Crippen LogP) is 2.54. The largest absolute Gasteiger partial charge is 0.202 e. The van der Waals surface area contributed by atoms with Crippen molar-refractivity contribution in [2.75, 3.05) is 0 Å². The van der Waals surface area contributed by atoms with Crippen LogP contribution in [0.15, 0.2) is 33.8 Å². The molecule has 0 saturated heterocycles. The van der Waals surface area contributed by atoms with E-state index >= 15 is 0 Å². The first-order valence-electron chi connectivity index (χ1n) is 4.85. The van der Waals surface area contributed by atoms with Gasteiger partial charge >= 0.3 is 0 Å². The number of nitrogens with zero attached hydrogens (tertiary/aromatic N) is 4. The lowest BCUT2D eigenvalue weighted by molar-refractivity contribution is 0.799. The van der Waals surface area contributed by atoms with E-state index in [1.165, 1.54) is 0 Å². The Hall–Kier alpha value is -1.49. The average Bonchev–Trinajstić information content (AvgIpc) is 2.59. The highest BCUT2D eigenvalue weighted by atomic mass is 79.9. The lowest BCUT2D eigenvalue weighted by Crippen LogP contribution is -1.96. The SMILES string of the molecule is Cc1nnc(C)n1/N=C/c1ccc(Br)cc1. The summed E-state index contributed by atoms with van der Waals surface area (Å²) in [5, 5.41) is 12.2. The molecule has 1 heterocycles. The van der Waals surface area contributed by atoms with E-state index in [4.69, 9.17) is 0 Å². The standard InChI is InChI=1S/C11H11BrN4/c1-8-14-15-9(2)16(8)13-7-10-3-5-11(12)6-4-10/h3-7H,1-2H3/b13-7+. The summed E-state index contributed by atoms with van der Waals surface area (Å²) < 4.78 is 2.77. The molecule has 0 fully saturated rings. The lowest BCUT2D eigenvalue weighted by atomic mass is 10.2. The first kappa shape index (κ1) is 11.0. The van der Waals surface area contributed by atoms with Crippen LogP contribution in [0.5, 0.6) is 0 Å². The van der Waals surface area contributed by atoms with E-state index in [1.54, 1.807) is 10.9 Å². The maximum absolute atomic E-state index is 4.32. The van der Waals surface area contributed by atoms with Crippen LogP contribution >= 0.6 is 15.9 Å². The van der Waals surface area contributed by atoms with Crippen molar-refractivity contribution in [2.45, 2.75) is 13.8 Å². The number of rotatable bonds is 2. The van der Waals surface area contributed by atoms with Gasteiger partial charge in [-0.2, -0.15) is 5.10 Å². The van der Waals surface area contributed by atoms with Gasteiger partial charge in [0.15, 0.2) is 11.6 Å². The van der Waals surface area contributed by atoms with Crippen molar-refractivity contribution in [1.29, 1.82) is 0 Å². The number of aromatic nitrogens is 3. The van der Waals surface area contributed by atoms with Gasteiger partial charge in [0, 0.05) is 4.47 Å². The van der Waals surface area contributed by atoms with Crippen LogP contribution in [0.25, 0.3) is 0 Å². The topological polar surface area (TPSA) is 43.1 Å². The second-order valence-corrected chi connectivity index (χ2v) is 4.32. The molecule has 0 aliphatic rings. The summed E-state index contributed by atoms with van der Waals surface area (Å²) in [6.07, 6.45) is 1.79. The quantitative estimate of drug-likeness (QED) is 0.793. The minimum absolute atomic E-state index is 0.783. The van der Waals surface area contributed by atoms with Gasteiger partial charge in [-0.3, -0.25) is 0 Å². The molecule has 2 rings (SSSR count). The van der Waals surface area contributed by atoms with E-state index in [0.29, 0.717) is 0 Å². The zero-order valence-corrected chi connectivity index (χ0v) is 10.6. The van der Waals surface area contributed by atoms with Gasteiger partial charge in [0.25, 0.3) is 0 Å². The Kier molecular flexibility index (Phi) is 3.14. The third kappa shape index (κ3) is 2.36. The fourth-order valence-electron chi connectivity index (χ4n) is 1.30. The average molecular weight is 279 g/mol. The van der Waals surface area contributed by atoms with Crippen LogP contribution in [0.1, 0.15) is 17.2 Å². The molecule has 16 heavy (non-hydrogen) atoms. The van der Waals surface area contributed by atoms with Crippen LogP contribution in [-0.2, 0) is 0 Å². The second kappa shape index (κ2) is 4.57. The maximum atomic E-state index is 4.32. The molecule has 0 radical (unpaired) electrons. The fourth-order valence-corrected chi connectivity index (χ4v) is 1.57. The first-order chi connectivity index (χ1) is 7.66. The van der Waals surface area contributed by atoms with Crippen molar-refractivity contribution >= 4 is 22.1 Å². The van der Waals surface area contributed by atoms with Gasteiger partial charge in [-0.25, -0.2) is 4.68 Å². The molecule has 0 N–H and O–H groups in total. The molecule has 5 heteroatoms. The Morgan fingerprint density at radius 2 is 1.69 bits per heavy atom. The Morgan fingerprint density at radius 3 is 2.25 bits per heavy atom. The van der Waals surface area contributed by atoms with Gasteiger partial charge in [-0.1, -0.05) is 28.1 Å². The second-order valence-electron chi connectivity index (χ2n) is 3.40. The zero-order chi connectivity index (χ0) is 11.5. The van der Waals surface area contributed by atoms with Gasteiger partial charge in [0.05, 0.1) is 6.21 Å². The Bertz CT molecular complexity index is 494. The fraction of sp³-hybridized carbons (Fsp3) is 0.182. The van der Waals surface area contributed by atoms with Crippen LogP contribution in [0.3, 0.4) is 0 Å². The van der Waals surface area contributed by atoms with E-state index in [2.05, 4.69) is 31.2 Å². The van der Waals surface area contributed by atoms with Crippen LogP contribution < -0.4 is 0 Å². The summed E-state index contributed by atoms with van der Waals surface area (Å²) in [6, 6.07) is 7.94.